The van der Waals surface area contributed by atoms with Gasteiger partial charge < -0.3 is 25.6 Å². The molecule has 36 heavy (non-hydrogen) atoms. The zero-order valence-electron chi connectivity index (χ0n) is 20.9. The molecule has 0 aromatic heterocycles. The van der Waals surface area contributed by atoms with Crippen LogP contribution in [-0.4, -0.2) is 41.0 Å². The van der Waals surface area contributed by atoms with Crippen molar-refractivity contribution in [1.29, 1.82) is 5.26 Å². The lowest BCUT2D eigenvalue weighted by atomic mass is 9.84. The van der Waals surface area contributed by atoms with Crippen molar-refractivity contribution in [2.24, 2.45) is 11.8 Å². The summed E-state index contributed by atoms with van der Waals surface area (Å²) < 4.78 is 5.90. The number of carbonyl (C=O) groups excluding carboxylic acids is 1. The van der Waals surface area contributed by atoms with Gasteiger partial charge in [0.15, 0.2) is 0 Å². The normalized spacial score (nSPS) is 22.8. The van der Waals surface area contributed by atoms with Crippen molar-refractivity contribution in [2.45, 2.75) is 64.1 Å². The first-order chi connectivity index (χ1) is 17.2. The van der Waals surface area contributed by atoms with E-state index in [1.54, 1.807) is 18.2 Å². The molecule has 2 aromatic rings. The molecule has 1 aliphatic heterocycles. The SMILES string of the molecule is CC(C)NC(=O)c1ccc2c(c1)[C@@]1(CCO2)[C@H](C(O)Nc2cc(C#N)ccc2CCCC(=O)O)[C@@H]1C. The van der Waals surface area contributed by atoms with Crippen molar-refractivity contribution in [3.63, 3.8) is 0 Å². The first-order valence-corrected chi connectivity index (χ1v) is 12.4. The van der Waals surface area contributed by atoms with Gasteiger partial charge in [-0.3, -0.25) is 9.59 Å². The second kappa shape index (κ2) is 10.2. The molecule has 8 nitrogen and oxygen atoms in total. The number of nitrogens with zero attached hydrogens (tertiary/aromatic N) is 1. The number of carboxylic acids is 1. The number of rotatable bonds is 9. The van der Waals surface area contributed by atoms with Crippen LogP contribution in [0, 0.1) is 23.2 Å². The van der Waals surface area contributed by atoms with Gasteiger partial charge in [0.25, 0.3) is 5.91 Å². The van der Waals surface area contributed by atoms with E-state index in [-0.39, 0.29) is 35.6 Å². The quantitative estimate of drug-likeness (QED) is 0.392. The number of amides is 1. The minimum atomic E-state index is -0.897. The topological polar surface area (TPSA) is 132 Å². The average Bonchev–Trinajstić information content (AvgIpc) is 3.42. The van der Waals surface area contributed by atoms with E-state index in [9.17, 15) is 20.0 Å². The molecule has 4 rings (SSSR count). The van der Waals surface area contributed by atoms with Crippen molar-refractivity contribution in [2.75, 3.05) is 11.9 Å². The largest absolute Gasteiger partial charge is 0.493 e. The fourth-order valence-electron chi connectivity index (χ4n) is 5.69. The molecule has 2 aromatic carbocycles. The minimum Gasteiger partial charge on any atom is -0.493 e. The van der Waals surface area contributed by atoms with Crippen molar-refractivity contribution in [3.05, 3.63) is 58.7 Å². The predicted molar refractivity (Wildman–Crippen MR) is 135 cm³/mol. The van der Waals surface area contributed by atoms with Crippen LogP contribution < -0.4 is 15.4 Å². The van der Waals surface area contributed by atoms with Gasteiger partial charge in [-0.25, -0.2) is 0 Å². The summed E-state index contributed by atoms with van der Waals surface area (Å²) in [6, 6.07) is 12.9. The average molecular weight is 492 g/mol. The minimum absolute atomic E-state index is 0.0197. The molecule has 1 heterocycles. The Morgan fingerprint density at radius 3 is 2.72 bits per heavy atom. The molecule has 0 radical (unpaired) electrons. The molecule has 1 saturated carbocycles. The van der Waals surface area contributed by atoms with Crippen LogP contribution in [0.2, 0.25) is 0 Å². The number of nitrogens with one attached hydrogen (secondary N) is 2. The van der Waals surface area contributed by atoms with Crippen LogP contribution in [0.25, 0.3) is 0 Å². The Hall–Kier alpha value is -3.57. The second-order valence-electron chi connectivity index (χ2n) is 10.1. The summed E-state index contributed by atoms with van der Waals surface area (Å²) in [5.41, 5.74) is 3.13. The number of hydrogen-bond acceptors (Lipinski definition) is 6. The summed E-state index contributed by atoms with van der Waals surface area (Å²) in [4.78, 5) is 23.6. The number of nitriles is 1. The fourth-order valence-corrected chi connectivity index (χ4v) is 5.69. The van der Waals surface area contributed by atoms with Crippen LogP contribution in [0.4, 0.5) is 5.69 Å². The highest BCUT2D eigenvalue weighted by atomic mass is 16.5. The van der Waals surface area contributed by atoms with E-state index in [1.165, 1.54) is 0 Å². The van der Waals surface area contributed by atoms with Gasteiger partial charge in [0, 0.05) is 40.6 Å². The van der Waals surface area contributed by atoms with Gasteiger partial charge in [0.05, 0.1) is 18.2 Å². The van der Waals surface area contributed by atoms with Crippen LogP contribution in [0.1, 0.15) is 67.1 Å². The third kappa shape index (κ3) is 4.89. The number of aryl methyl sites for hydroxylation is 1. The summed E-state index contributed by atoms with van der Waals surface area (Å²) in [5.74, 6) is -0.241. The van der Waals surface area contributed by atoms with Crippen LogP contribution in [0.3, 0.4) is 0 Å². The second-order valence-corrected chi connectivity index (χ2v) is 10.1. The molecule has 8 heteroatoms. The lowest BCUT2D eigenvalue weighted by molar-refractivity contribution is -0.137. The van der Waals surface area contributed by atoms with E-state index in [2.05, 4.69) is 23.6 Å². The number of aliphatic carboxylic acids is 1. The summed E-state index contributed by atoms with van der Waals surface area (Å²) in [6.07, 6.45) is 0.856. The van der Waals surface area contributed by atoms with Gasteiger partial charge >= 0.3 is 5.97 Å². The first-order valence-electron chi connectivity index (χ1n) is 12.4. The number of carboxylic acid groups (broad SMARTS) is 1. The Labute approximate surface area is 211 Å². The van der Waals surface area contributed by atoms with Crippen LogP contribution in [-0.2, 0) is 16.6 Å². The van der Waals surface area contributed by atoms with Gasteiger partial charge in [0.1, 0.15) is 12.0 Å². The zero-order chi connectivity index (χ0) is 26.0. The van der Waals surface area contributed by atoms with Crippen molar-refractivity contribution >= 4 is 17.6 Å². The van der Waals surface area contributed by atoms with E-state index in [1.807, 2.05) is 32.0 Å². The van der Waals surface area contributed by atoms with Gasteiger partial charge in [-0.15, -0.1) is 0 Å². The highest BCUT2D eigenvalue weighted by molar-refractivity contribution is 5.95. The van der Waals surface area contributed by atoms with Crippen molar-refractivity contribution in [3.8, 4) is 11.8 Å². The van der Waals surface area contributed by atoms with Crippen LogP contribution in [0.15, 0.2) is 36.4 Å². The molecule has 0 saturated heterocycles. The van der Waals surface area contributed by atoms with Gasteiger partial charge in [0.2, 0.25) is 0 Å². The van der Waals surface area contributed by atoms with Gasteiger partial charge in [-0.1, -0.05) is 13.0 Å². The van der Waals surface area contributed by atoms with E-state index in [0.717, 1.165) is 23.3 Å². The molecule has 1 spiro atoms. The van der Waals surface area contributed by atoms with E-state index < -0.39 is 12.2 Å². The number of aliphatic hydroxyl groups excluding tert-OH is 1. The number of carbonyl (C=O) groups is 2. The lowest BCUT2D eigenvalue weighted by Crippen LogP contribution is -2.32. The number of aliphatic hydroxyl groups is 1. The fraction of sp³-hybridized carbons (Fsp3) is 0.464. The predicted octanol–water partition coefficient (Wildman–Crippen LogP) is 3.82. The van der Waals surface area contributed by atoms with Crippen LogP contribution >= 0.6 is 0 Å². The molecule has 0 bridgehead atoms. The first kappa shape index (κ1) is 25.5. The standard InChI is InChI=1S/C28H33N3O5/c1-16(2)30-26(34)20-9-10-23-21(14-20)28(11-12-36-23)17(3)25(28)27(35)31-22-13-18(15-29)7-8-19(22)5-4-6-24(32)33/h7-10,13-14,16-17,25,27,31,35H,4-6,11-12H2,1-3H3,(H,30,34)(H,32,33)/t17-,25-,27?,28-/m0/s1. The third-order valence-corrected chi connectivity index (χ3v) is 7.49. The van der Waals surface area contributed by atoms with E-state index >= 15 is 0 Å². The molecule has 2 aliphatic rings. The Kier molecular flexibility index (Phi) is 7.23. The summed E-state index contributed by atoms with van der Waals surface area (Å²) in [5, 5.41) is 35.8. The maximum atomic E-state index is 12.7. The van der Waals surface area contributed by atoms with Gasteiger partial charge in [-0.05, 0) is 74.9 Å². The maximum absolute atomic E-state index is 12.7. The number of hydrogen-bond donors (Lipinski definition) is 4. The Bertz CT molecular complexity index is 1200. The van der Waals surface area contributed by atoms with Crippen LogP contribution in [0.5, 0.6) is 5.75 Å². The number of ether oxygens (including phenoxy) is 1. The van der Waals surface area contributed by atoms with E-state index in [4.69, 9.17) is 9.84 Å². The number of benzene rings is 2. The smallest absolute Gasteiger partial charge is 0.303 e. The molecule has 4 atom stereocenters. The summed E-state index contributed by atoms with van der Waals surface area (Å²) >= 11 is 0. The Balaban J connectivity index is 1.59. The summed E-state index contributed by atoms with van der Waals surface area (Å²) in [6.45, 7) is 6.46. The molecule has 1 unspecified atom stereocenters. The molecular formula is C28H33N3O5. The number of anilines is 1. The third-order valence-electron chi connectivity index (χ3n) is 7.49. The molecule has 1 aliphatic carbocycles. The highest BCUT2D eigenvalue weighted by Crippen LogP contribution is 2.66. The molecule has 4 N–H and O–H groups in total. The Morgan fingerprint density at radius 1 is 1.25 bits per heavy atom. The highest BCUT2D eigenvalue weighted by Gasteiger charge is 2.67. The van der Waals surface area contributed by atoms with Crippen molar-refractivity contribution < 1.29 is 24.5 Å². The lowest BCUT2D eigenvalue weighted by Gasteiger charge is -2.29. The zero-order valence-corrected chi connectivity index (χ0v) is 20.9. The Morgan fingerprint density at radius 2 is 2.03 bits per heavy atom. The van der Waals surface area contributed by atoms with Gasteiger partial charge in [-0.2, -0.15) is 5.26 Å². The monoisotopic (exact) mass is 491 g/mol. The molecular weight excluding hydrogens is 458 g/mol. The van der Waals surface area contributed by atoms with Crippen molar-refractivity contribution in [1.82, 2.24) is 5.32 Å². The molecule has 1 amide bonds. The molecule has 1 fully saturated rings. The molecule has 190 valence electrons. The van der Waals surface area contributed by atoms with E-state index in [0.29, 0.717) is 36.3 Å². The maximum Gasteiger partial charge on any atom is 0.303 e. The number of fused-ring (bicyclic) bond motifs is 2. The summed E-state index contributed by atoms with van der Waals surface area (Å²) in [7, 11) is 0.